The van der Waals surface area contributed by atoms with Crippen molar-refractivity contribution < 1.29 is 14.3 Å². The number of halogens is 2. The summed E-state index contributed by atoms with van der Waals surface area (Å²) in [5, 5.41) is 3.04. The summed E-state index contributed by atoms with van der Waals surface area (Å²) >= 11 is 0. The van der Waals surface area contributed by atoms with E-state index in [-0.39, 0.29) is 42.7 Å². The van der Waals surface area contributed by atoms with Crippen LogP contribution in [0.3, 0.4) is 0 Å². The van der Waals surface area contributed by atoms with Crippen molar-refractivity contribution in [3.8, 4) is 5.75 Å². The number of hydrogen-bond donors (Lipinski definition) is 2. The van der Waals surface area contributed by atoms with E-state index in [1.165, 1.54) is 0 Å². The number of amides is 1. The SMILES string of the molecule is CN(CCOc1cccc(CNC(=O)C2CCC(N)C2)c1)C1CCOCC1.Cl.Cl. The molecule has 3 N–H and O–H groups in total. The topological polar surface area (TPSA) is 76.8 Å². The van der Waals surface area contributed by atoms with E-state index < -0.39 is 0 Å². The van der Waals surface area contributed by atoms with Crippen molar-refractivity contribution in [3.63, 3.8) is 0 Å². The Hall–Kier alpha value is -1.05. The highest BCUT2D eigenvalue weighted by Crippen LogP contribution is 2.24. The molecule has 0 radical (unpaired) electrons. The molecule has 1 aromatic carbocycles. The minimum atomic E-state index is 0. The molecule has 1 saturated heterocycles. The fourth-order valence-electron chi connectivity index (χ4n) is 3.95. The van der Waals surface area contributed by atoms with E-state index in [9.17, 15) is 4.79 Å². The quantitative estimate of drug-likeness (QED) is 0.640. The molecule has 2 unspecified atom stereocenters. The Morgan fingerprint density at radius 2 is 2.00 bits per heavy atom. The molecule has 1 aliphatic carbocycles. The van der Waals surface area contributed by atoms with Gasteiger partial charge in [-0.15, -0.1) is 24.8 Å². The molecular formula is C21H35Cl2N3O3. The summed E-state index contributed by atoms with van der Waals surface area (Å²) in [6.07, 6.45) is 4.84. The molecule has 0 spiro atoms. The first kappa shape index (κ1) is 26.0. The van der Waals surface area contributed by atoms with Crippen LogP contribution in [-0.2, 0) is 16.1 Å². The normalized spacial score (nSPS) is 21.9. The van der Waals surface area contributed by atoms with Crippen molar-refractivity contribution in [2.24, 2.45) is 11.7 Å². The van der Waals surface area contributed by atoms with Gasteiger partial charge < -0.3 is 20.5 Å². The zero-order valence-electron chi connectivity index (χ0n) is 17.2. The van der Waals surface area contributed by atoms with Crippen LogP contribution in [0.15, 0.2) is 24.3 Å². The monoisotopic (exact) mass is 447 g/mol. The van der Waals surface area contributed by atoms with Crippen LogP contribution in [0.2, 0.25) is 0 Å². The average Bonchev–Trinajstić information content (AvgIpc) is 3.13. The molecule has 1 saturated carbocycles. The summed E-state index contributed by atoms with van der Waals surface area (Å²) in [4.78, 5) is 14.6. The van der Waals surface area contributed by atoms with Gasteiger partial charge in [0.05, 0.1) is 0 Å². The molecule has 1 aliphatic heterocycles. The lowest BCUT2D eigenvalue weighted by molar-refractivity contribution is -0.125. The lowest BCUT2D eigenvalue weighted by atomic mass is 10.1. The first-order chi connectivity index (χ1) is 13.1. The Morgan fingerprint density at radius 3 is 2.69 bits per heavy atom. The smallest absolute Gasteiger partial charge is 0.223 e. The second-order valence-electron chi connectivity index (χ2n) is 7.81. The van der Waals surface area contributed by atoms with Crippen LogP contribution < -0.4 is 15.8 Å². The van der Waals surface area contributed by atoms with Gasteiger partial charge in [0.15, 0.2) is 0 Å². The van der Waals surface area contributed by atoms with E-state index in [0.29, 0.717) is 19.2 Å². The third-order valence-corrected chi connectivity index (χ3v) is 5.74. The number of nitrogens with two attached hydrogens (primary N) is 1. The third-order valence-electron chi connectivity index (χ3n) is 5.74. The number of benzene rings is 1. The van der Waals surface area contributed by atoms with Gasteiger partial charge in [-0.05, 0) is 56.8 Å². The predicted molar refractivity (Wildman–Crippen MR) is 120 cm³/mol. The zero-order valence-corrected chi connectivity index (χ0v) is 18.8. The highest BCUT2D eigenvalue weighted by atomic mass is 35.5. The molecule has 2 aliphatic rings. The molecule has 1 heterocycles. The fraction of sp³-hybridized carbons (Fsp3) is 0.667. The minimum absolute atomic E-state index is 0. The fourth-order valence-corrected chi connectivity index (χ4v) is 3.95. The van der Waals surface area contributed by atoms with Gasteiger partial charge >= 0.3 is 0 Å². The maximum absolute atomic E-state index is 12.2. The van der Waals surface area contributed by atoms with Crippen LogP contribution in [0, 0.1) is 5.92 Å². The molecule has 29 heavy (non-hydrogen) atoms. The van der Waals surface area contributed by atoms with E-state index in [1.54, 1.807) is 0 Å². The maximum atomic E-state index is 12.2. The predicted octanol–water partition coefficient (Wildman–Crippen LogP) is 2.76. The van der Waals surface area contributed by atoms with E-state index in [1.807, 2.05) is 24.3 Å². The second-order valence-corrected chi connectivity index (χ2v) is 7.81. The summed E-state index contributed by atoms with van der Waals surface area (Å²) in [5.74, 6) is 1.04. The number of hydrogen-bond acceptors (Lipinski definition) is 5. The third kappa shape index (κ3) is 8.30. The van der Waals surface area contributed by atoms with E-state index in [2.05, 4.69) is 17.3 Å². The molecule has 8 heteroatoms. The van der Waals surface area contributed by atoms with Gasteiger partial charge in [0.1, 0.15) is 12.4 Å². The lowest BCUT2D eigenvalue weighted by Crippen LogP contribution is -2.38. The van der Waals surface area contributed by atoms with Crippen molar-refractivity contribution in [3.05, 3.63) is 29.8 Å². The first-order valence-corrected chi connectivity index (χ1v) is 10.1. The summed E-state index contributed by atoms with van der Waals surface area (Å²) in [6.45, 7) is 3.80. The Bertz CT molecular complexity index is 615. The van der Waals surface area contributed by atoms with Crippen molar-refractivity contribution in [2.75, 3.05) is 33.4 Å². The van der Waals surface area contributed by atoms with E-state index >= 15 is 0 Å². The van der Waals surface area contributed by atoms with Crippen molar-refractivity contribution in [1.82, 2.24) is 10.2 Å². The van der Waals surface area contributed by atoms with Gasteiger partial charge in [-0.1, -0.05) is 12.1 Å². The van der Waals surface area contributed by atoms with Crippen LogP contribution in [-0.4, -0.2) is 56.3 Å². The summed E-state index contributed by atoms with van der Waals surface area (Å²) in [5.41, 5.74) is 6.96. The van der Waals surface area contributed by atoms with E-state index in [0.717, 1.165) is 63.2 Å². The molecular weight excluding hydrogens is 413 g/mol. The van der Waals surface area contributed by atoms with Gasteiger partial charge in [0.25, 0.3) is 0 Å². The molecule has 166 valence electrons. The lowest BCUT2D eigenvalue weighted by Gasteiger charge is -2.31. The van der Waals surface area contributed by atoms with Gasteiger partial charge in [-0.25, -0.2) is 0 Å². The minimum Gasteiger partial charge on any atom is -0.492 e. The Kier molecular flexibility index (Phi) is 11.9. The molecule has 6 nitrogen and oxygen atoms in total. The van der Waals surface area contributed by atoms with Crippen LogP contribution >= 0.6 is 24.8 Å². The molecule has 0 bridgehead atoms. The number of carbonyl (C=O) groups excluding carboxylic acids is 1. The van der Waals surface area contributed by atoms with Crippen molar-refractivity contribution in [1.29, 1.82) is 0 Å². The Labute approximate surface area is 186 Å². The highest BCUT2D eigenvalue weighted by Gasteiger charge is 2.27. The summed E-state index contributed by atoms with van der Waals surface area (Å²) in [6, 6.07) is 8.74. The van der Waals surface area contributed by atoms with Gasteiger partial charge in [-0.2, -0.15) is 0 Å². The van der Waals surface area contributed by atoms with Crippen molar-refractivity contribution >= 4 is 30.7 Å². The van der Waals surface area contributed by atoms with Crippen LogP contribution in [0.4, 0.5) is 0 Å². The number of nitrogens with zero attached hydrogens (tertiary/aromatic N) is 1. The molecule has 2 atom stereocenters. The molecule has 1 aromatic rings. The van der Waals surface area contributed by atoms with Crippen molar-refractivity contribution in [2.45, 2.75) is 50.7 Å². The largest absolute Gasteiger partial charge is 0.492 e. The number of nitrogens with one attached hydrogen (secondary N) is 1. The average molecular weight is 448 g/mol. The van der Waals surface area contributed by atoms with Crippen LogP contribution in [0.1, 0.15) is 37.7 Å². The number of carbonyl (C=O) groups is 1. The molecule has 1 amide bonds. The molecule has 0 aromatic heterocycles. The zero-order chi connectivity index (χ0) is 19.1. The molecule has 2 fully saturated rings. The Morgan fingerprint density at radius 1 is 1.24 bits per heavy atom. The van der Waals surface area contributed by atoms with Gasteiger partial charge in [0.2, 0.25) is 5.91 Å². The summed E-state index contributed by atoms with van der Waals surface area (Å²) < 4.78 is 11.3. The van der Waals surface area contributed by atoms with Gasteiger partial charge in [-0.3, -0.25) is 9.69 Å². The van der Waals surface area contributed by atoms with E-state index in [4.69, 9.17) is 15.2 Å². The van der Waals surface area contributed by atoms with Crippen LogP contribution in [0.5, 0.6) is 5.75 Å². The first-order valence-electron chi connectivity index (χ1n) is 10.1. The number of ether oxygens (including phenoxy) is 2. The Balaban J connectivity index is 0.00000210. The number of rotatable bonds is 8. The number of likely N-dealkylation sites (N-methyl/N-ethyl adjacent to an activating group) is 1. The summed E-state index contributed by atoms with van der Waals surface area (Å²) in [7, 11) is 2.15. The van der Waals surface area contributed by atoms with Crippen LogP contribution in [0.25, 0.3) is 0 Å². The molecule has 3 rings (SSSR count). The second kappa shape index (κ2) is 13.3. The maximum Gasteiger partial charge on any atom is 0.223 e. The highest BCUT2D eigenvalue weighted by molar-refractivity contribution is 5.85. The standard InChI is InChI=1S/C21H33N3O3.2ClH/c1-24(19-7-10-26-11-8-19)9-12-27-20-4-2-3-16(13-20)15-23-21(25)17-5-6-18(22)14-17;;/h2-4,13,17-19H,5-12,14-15,22H2,1H3,(H,23,25);2*1H. The van der Waals surface area contributed by atoms with Gasteiger partial charge in [0, 0.05) is 44.3 Å².